The lowest BCUT2D eigenvalue weighted by atomic mass is 9.89. The number of nitrogens with two attached hydrogens (primary N) is 1. The number of halogens is 1. The number of benzene rings is 3. The molecule has 1 saturated heterocycles. The third-order valence-electron chi connectivity index (χ3n) is 8.06. The molecule has 10 heteroatoms. The summed E-state index contributed by atoms with van der Waals surface area (Å²) < 4.78 is 32.8. The molecular formula is C33H34FN5O4. The lowest BCUT2D eigenvalue weighted by Crippen LogP contribution is -2.34. The molecule has 2 aromatic heterocycles. The first-order chi connectivity index (χ1) is 20.9. The van der Waals surface area contributed by atoms with Crippen molar-refractivity contribution in [1.82, 2.24) is 19.9 Å². The number of aromatic nitrogens is 3. The van der Waals surface area contributed by atoms with Gasteiger partial charge < -0.3 is 29.8 Å². The van der Waals surface area contributed by atoms with E-state index < -0.39 is 11.7 Å². The van der Waals surface area contributed by atoms with Gasteiger partial charge in [0, 0.05) is 34.8 Å². The van der Waals surface area contributed by atoms with Gasteiger partial charge in [-0.05, 0) is 87.2 Å². The molecule has 0 aliphatic carbocycles. The Kier molecular flexibility index (Phi) is 8.11. The zero-order chi connectivity index (χ0) is 29.9. The Labute approximate surface area is 248 Å². The molecular weight excluding hydrogens is 549 g/mol. The third kappa shape index (κ3) is 6.10. The molecule has 6 rings (SSSR count). The van der Waals surface area contributed by atoms with Crippen LogP contribution in [0.5, 0.6) is 23.1 Å². The number of carbonyl (C=O) groups excluding carboxylic acids is 1. The summed E-state index contributed by atoms with van der Waals surface area (Å²) >= 11 is 0. The van der Waals surface area contributed by atoms with Crippen molar-refractivity contribution in [1.29, 1.82) is 0 Å². The van der Waals surface area contributed by atoms with Gasteiger partial charge in [-0.15, -0.1) is 0 Å². The Morgan fingerprint density at radius 1 is 1.02 bits per heavy atom. The van der Waals surface area contributed by atoms with Crippen molar-refractivity contribution in [2.45, 2.75) is 32.1 Å². The first-order valence-electron chi connectivity index (χ1n) is 14.4. The monoisotopic (exact) mass is 583 g/mol. The average molecular weight is 584 g/mol. The number of primary amides is 1. The number of hydrogen-bond acceptors (Lipinski definition) is 7. The molecule has 0 radical (unpaired) electrons. The van der Waals surface area contributed by atoms with Gasteiger partial charge in [-0.3, -0.25) is 4.79 Å². The summed E-state index contributed by atoms with van der Waals surface area (Å²) in [5, 5.41) is 1.05. The SMILES string of the molecule is COc1cc2c(Oc3ccc4[nH]c(C)cc4c3F)ncnc2cc1OCCCN1CCC(c2ccc(C(N)=O)cc2)CC1. The number of nitrogens with one attached hydrogen (secondary N) is 1. The van der Waals surface area contributed by atoms with Gasteiger partial charge in [-0.2, -0.15) is 0 Å². The highest BCUT2D eigenvalue weighted by Crippen LogP contribution is 2.37. The van der Waals surface area contributed by atoms with Gasteiger partial charge in [0.15, 0.2) is 23.1 Å². The van der Waals surface area contributed by atoms with Crippen LogP contribution in [0.1, 0.15) is 46.8 Å². The number of H-pyrrole nitrogens is 1. The molecule has 3 N–H and O–H groups in total. The molecule has 3 aromatic carbocycles. The van der Waals surface area contributed by atoms with E-state index in [-0.39, 0.29) is 11.6 Å². The van der Waals surface area contributed by atoms with Crippen molar-refractivity contribution < 1.29 is 23.4 Å². The fourth-order valence-corrected chi connectivity index (χ4v) is 5.74. The smallest absolute Gasteiger partial charge is 0.248 e. The van der Waals surface area contributed by atoms with Crippen molar-refractivity contribution in [3.63, 3.8) is 0 Å². The van der Waals surface area contributed by atoms with Crippen LogP contribution in [-0.2, 0) is 0 Å². The van der Waals surface area contributed by atoms with Gasteiger partial charge in [-0.25, -0.2) is 14.4 Å². The fraction of sp³-hybridized carbons (Fsp3) is 0.303. The zero-order valence-corrected chi connectivity index (χ0v) is 24.2. The van der Waals surface area contributed by atoms with Gasteiger partial charge in [0.2, 0.25) is 11.8 Å². The quantitative estimate of drug-likeness (QED) is 0.191. The summed E-state index contributed by atoms with van der Waals surface area (Å²) in [6, 6.07) is 16.3. The lowest BCUT2D eigenvalue weighted by Gasteiger charge is -2.32. The first kappa shape index (κ1) is 28.4. The Morgan fingerprint density at radius 3 is 2.56 bits per heavy atom. The lowest BCUT2D eigenvalue weighted by molar-refractivity contribution is 0.1000. The number of ether oxygens (including phenoxy) is 3. The van der Waals surface area contributed by atoms with E-state index in [9.17, 15) is 4.79 Å². The molecule has 5 aromatic rings. The number of amides is 1. The molecule has 0 atom stereocenters. The molecule has 1 aliphatic rings. The van der Waals surface area contributed by atoms with Gasteiger partial charge >= 0.3 is 0 Å². The fourth-order valence-electron chi connectivity index (χ4n) is 5.74. The van der Waals surface area contributed by atoms with Crippen molar-refractivity contribution in [3.8, 4) is 23.1 Å². The Morgan fingerprint density at radius 2 is 1.81 bits per heavy atom. The average Bonchev–Trinajstić information content (AvgIpc) is 3.42. The largest absolute Gasteiger partial charge is 0.493 e. The van der Waals surface area contributed by atoms with Gasteiger partial charge in [0.05, 0.1) is 24.6 Å². The number of piperidine rings is 1. The van der Waals surface area contributed by atoms with E-state index in [0.717, 1.165) is 44.6 Å². The van der Waals surface area contributed by atoms with E-state index >= 15 is 4.39 Å². The predicted molar refractivity (Wildman–Crippen MR) is 163 cm³/mol. The number of carbonyl (C=O) groups is 1. The molecule has 0 spiro atoms. The van der Waals surface area contributed by atoms with Crippen LogP contribution in [0, 0.1) is 12.7 Å². The second-order valence-electron chi connectivity index (χ2n) is 10.9. The minimum atomic E-state index is -0.455. The second kappa shape index (κ2) is 12.3. The molecule has 1 fully saturated rings. The van der Waals surface area contributed by atoms with Crippen molar-refractivity contribution in [3.05, 3.63) is 83.6 Å². The highest BCUT2D eigenvalue weighted by Gasteiger charge is 2.21. The van der Waals surface area contributed by atoms with Crippen LogP contribution in [0.2, 0.25) is 0 Å². The van der Waals surface area contributed by atoms with Crippen LogP contribution in [-0.4, -0.2) is 59.1 Å². The summed E-state index contributed by atoms with van der Waals surface area (Å²) in [4.78, 5) is 25.6. The number of fused-ring (bicyclic) bond motifs is 2. The number of hydrogen-bond donors (Lipinski definition) is 2. The number of aromatic amines is 1. The molecule has 9 nitrogen and oxygen atoms in total. The highest BCUT2D eigenvalue weighted by atomic mass is 19.1. The molecule has 0 bridgehead atoms. The molecule has 222 valence electrons. The molecule has 0 unspecified atom stereocenters. The Balaban J connectivity index is 1.06. The highest BCUT2D eigenvalue weighted by molar-refractivity contribution is 5.92. The van der Waals surface area contributed by atoms with Crippen LogP contribution >= 0.6 is 0 Å². The summed E-state index contributed by atoms with van der Waals surface area (Å²) in [6.07, 6.45) is 4.39. The van der Waals surface area contributed by atoms with Crippen molar-refractivity contribution in [2.75, 3.05) is 33.4 Å². The maximum Gasteiger partial charge on any atom is 0.248 e. The minimum absolute atomic E-state index is 0.0795. The first-order valence-corrected chi connectivity index (χ1v) is 14.4. The predicted octanol–water partition coefficient (Wildman–Crippen LogP) is 6.11. The number of methoxy groups -OCH3 is 1. The van der Waals surface area contributed by atoms with E-state index in [0.29, 0.717) is 51.4 Å². The topological polar surface area (TPSA) is 116 Å². The van der Waals surface area contributed by atoms with Crippen LogP contribution < -0.4 is 19.9 Å². The molecule has 1 aliphatic heterocycles. The molecule has 1 amide bonds. The summed E-state index contributed by atoms with van der Waals surface area (Å²) in [5.41, 5.74) is 9.34. The van der Waals surface area contributed by atoms with E-state index in [4.69, 9.17) is 19.9 Å². The van der Waals surface area contributed by atoms with Crippen molar-refractivity contribution >= 4 is 27.7 Å². The standard InChI is InChI=1S/C33H34FN5O4/c1-20-16-24-26(38-20)8-9-28(31(24)34)43-33-25-17-29(41-2)30(18-27(25)36-19-37-33)42-15-3-12-39-13-10-22(11-14-39)21-4-6-23(7-5-21)32(35)40/h4-9,16-19,22,38H,3,10-15H2,1-2H3,(H2,35,40). The van der Waals surface area contributed by atoms with E-state index in [2.05, 4.69) is 19.9 Å². The summed E-state index contributed by atoms with van der Waals surface area (Å²) in [6.45, 7) is 5.35. The second-order valence-corrected chi connectivity index (χ2v) is 10.9. The van der Waals surface area contributed by atoms with E-state index in [1.807, 2.05) is 31.2 Å². The van der Waals surface area contributed by atoms with E-state index in [1.54, 1.807) is 37.4 Å². The van der Waals surface area contributed by atoms with Gasteiger partial charge in [0.1, 0.15) is 6.33 Å². The van der Waals surface area contributed by atoms with Crippen LogP contribution in [0.3, 0.4) is 0 Å². The van der Waals surface area contributed by atoms with Crippen LogP contribution in [0.4, 0.5) is 4.39 Å². The normalized spacial score (nSPS) is 14.3. The van der Waals surface area contributed by atoms with Gasteiger partial charge in [0.25, 0.3) is 0 Å². The van der Waals surface area contributed by atoms with Gasteiger partial charge in [-0.1, -0.05) is 12.1 Å². The Hall–Kier alpha value is -4.70. The Bertz CT molecular complexity index is 1760. The number of nitrogens with zero attached hydrogens (tertiary/aromatic N) is 3. The molecule has 3 heterocycles. The number of likely N-dealkylation sites (tertiary alicyclic amines) is 1. The van der Waals surface area contributed by atoms with Crippen molar-refractivity contribution in [2.24, 2.45) is 5.73 Å². The number of aryl methyl sites for hydroxylation is 1. The summed E-state index contributed by atoms with van der Waals surface area (Å²) in [5.74, 6) is 1.04. The maximum atomic E-state index is 15.2. The summed E-state index contributed by atoms with van der Waals surface area (Å²) in [7, 11) is 1.58. The number of rotatable bonds is 10. The zero-order valence-electron chi connectivity index (χ0n) is 24.2. The van der Waals surface area contributed by atoms with E-state index in [1.165, 1.54) is 11.9 Å². The molecule has 0 saturated carbocycles. The van der Waals surface area contributed by atoms with Crippen LogP contribution in [0.25, 0.3) is 21.8 Å². The minimum Gasteiger partial charge on any atom is -0.493 e. The van der Waals surface area contributed by atoms with Crippen LogP contribution in [0.15, 0.2) is 60.9 Å². The third-order valence-corrected chi connectivity index (χ3v) is 8.06. The molecule has 43 heavy (non-hydrogen) atoms. The maximum absolute atomic E-state index is 15.2.